The summed E-state index contributed by atoms with van der Waals surface area (Å²) < 4.78 is 0. The van der Waals surface area contributed by atoms with Crippen molar-refractivity contribution in [1.29, 1.82) is 0 Å². The monoisotopic (exact) mass is 291 g/mol. The van der Waals surface area contributed by atoms with Crippen LogP contribution in [0, 0.1) is 6.92 Å². The number of aryl methyl sites for hydroxylation is 1. The van der Waals surface area contributed by atoms with Crippen LogP contribution in [-0.4, -0.2) is 53.5 Å². The van der Waals surface area contributed by atoms with Crippen molar-refractivity contribution in [2.75, 3.05) is 37.4 Å². The summed E-state index contributed by atoms with van der Waals surface area (Å²) in [6, 6.07) is 0. The molecule has 0 bridgehead atoms. The van der Waals surface area contributed by atoms with Crippen molar-refractivity contribution in [3.05, 3.63) is 11.4 Å². The number of nitrogens with one attached hydrogen (secondary N) is 1. The minimum Gasteiger partial charge on any atom is -0.373 e. The van der Waals surface area contributed by atoms with Crippen LogP contribution >= 0.6 is 0 Å². The molecule has 0 saturated carbocycles. The Hall–Kier alpha value is -1.85. The predicted octanol–water partition coefficient (Wildman–Crippen LogP) is 1.45. The van der Waals surface area contributed by atoms with Crippen molar-refractivity contribution in [3.63, 3.8) is 0 Å². The number of likely N-dealkylation sites (N-methyl/N-ethyl adjacent to an activating group) is 1. The van der Waals surface area contributed by atoms with Gasteiger partial charge in [-0.3, -0.25) is 4.79 Å². The standard InChI is InChI=1S/C15H25N5O/c1-7-11-17-12(16-5)10(2)13(18-11)20-9-8-19(6)14(21)15(20,3)4/h7-9H2,1-6H3,(H,16,17,18). The fourth-order valence-corrected chi connectivity index (χ4v) is 2.80. The number of carbonyl (C=O) groups is 1. The summed E-state index contributed by atoms with van der Waals surface area (Å²) in [5.41, 5.74) is 0.391. The molecular formula is C15H25N5O. The molecule has 6 heteroatoms. The van der Waals surface area contributed by atoms with E-state index in [4.69, 9.17) is 0 Å². The van der Waals surface area contributed by atoms with Gasteiger partial charge in [-0.2, -0.15) is 0 Å². The summed E-state index contributed by atoms with van der Waals surface area (Å²) in [5.74, 6) is 2.61. The molecule has 0 aliphatic carbocycles. The number of aromatic nitrogens is 2. The maximum Gasteiger partial charge on any atom is 0.247 e. The van der Waals surface area contributed by atoms with E-state index in [2.05, 4.69) is 20.2 Å². The smallest absolute Gasteiger partial charge is 0.247 e. The van der Waals surface area contributed by atoms with Crippen molar-refractivity contribution >= 4 is 17.5 Å². The number of piperazine rings is 1. The molecule has 0 aromatic carbocycles. The Labute approximate surface area is 126 Å². The van der Waals surface area contributed by atoms with E-state index >= 15 is 0 Å². The lowest BCUT2D eigenvalue weighted by atomic mass is 9.97. The summed E-state index contributed by atoms with van der Waals surface area (Å²) in [6.45, 7) is 9.43. The van der Waals surface area contributed by atoms with Gasteiger partial charge in [0.1, 0.15) is 23.0 Å². The van der Waals surface area contributed by atoms with Crippen LogP contribution in [0.5, 0.6) is 0 Å². The van der Waals surface area contributed by atoms with Crippen LogP contribution in [0.2, 0.25) is 0 Å². The van der Waals surface area contributed by atoms with Crippen LogP contribution in [0.25, 0.3) is 0 Å². The molecule has 0 unspecified atom stereocenters. The number of rotatable bonds is 3. The van der Waals surface area contributed by atoms with Gasteiger partial charge in [0.05, 0.1) is 0 Å². The van der Waals surface area contributed by atoms with Crippen LogP contribution in [0.3, 0.4) is 0 Å². The molecule has 1 aliphatic rings. The fraction of sp³-hybridized carbons (Fsp3) is 0.667. The minimum absolute atomic E-state index is 0.121. The highest BCUT2D eigenvalue weighted by Gasteiger charge is 2.42. The van der Waals surface area contributed by atoms with E-state index in [1.807, 2.05) is 41.8 Å². The lowest BCUT2D eigenvalue weighted by molar-refractivity contribution is -0.136. The van der Waals surface area contributed by atoms with Crippen molar-refractivity contribution in [3.8, 4) is 0 Å². The fourth-order valence-electron chi connectivity index (χ4n) is 2.80. The first-order valence-corrected chi connectivity index (χ1v) is 7.41. The Kier molecular flexibility index (Phi) is 4.07. The van der Waals surface area contributed by atoms with E-state index in [1.165, 1.54) is 0 Å². The molecule has 0 radical (unpaired) electrons. The molecule has 1 aromatic heterocycles. The number of anilines is 2. The third kappa shape index (κ3) is 2.54. The Balaban J connectivity index is 2.52. The number of hydrogen-bond acceptors (Lipinski definition) is 5. The Morgan fingerprint density at radius 2 is 1.95 bits per heavy atom. The second-order valence-corrected chi connectivity index (χ2v) is 5.98. The first kappa shape index (κ1) is 15.5. The highest BCUT2D eigenvalue weighted by molar-refractivity contribution is 5.90. The van der Waals surface area contributed by atoms with Gasteiger partial charge in [-0.05, 0) is 20.8 Å². The quantitative estimate of drug-likeness (QED) is 0.913. The van der Waals surface area contributed by atoms with Crippen LogP contribution in [0.15, 0.2) is 0 Å². The normalized spacial score (nSPS) is 18.1. The van der Waals surface area contributed by atoms with E-state index in [0.29, 0.717) is 6.54 Å². The van der Waals surface area contributed by atoms with Gasteiger partial charge < -0.3 is 15.1 Å². The molecule has 0 spiro atoms. The van der Waals surface area contributed by atoms with Gasteiger partial charge >= 0.3 is 0 Å². The van der Waals surface area contributed by atoms with Gasteiger partial charge in [0.25, 0.3) is 0 Å². The first-order valence-electron chi connectivity index (χ1n) is 7.41. The zero-order chi connectivity index (χ0) is 15.8. The Bertz CT molecular complexity index is 555. The van der Waals surface area contributed by atoms with Crippen LogP contribution in [0.4, 0.5) is 11.6 Å². The average Bonchev–Trinajstić information content (AvgIpc) is 2.46. The summed E-state index contributed by atoms with van der Waals surface area (Å²) in [7, 11) is 3.71. The summed E-state index contributed by atoms with van der Waals surface area (Å²) in [5, 5.41) is 3.12. The number of nitrogens with zero attached hydrogens (tertiary/aromatic N) is 4. The second kappa shape index (κ2) is 5.50. The average molecular weight is 291 g/mol. The van der Waals surface area contributed by atoms with E-state index in [1.54, 1.807) is 4.90 Å². The molecule has 1 aromatic rings. The van der Waals surface area contributed by atoms with Crippen LogP contribution < -0.4 is 10.2 Å². The van der Waals surface area contributed by atoms with Crippen LogP contribution in [0.1, 0.15) is 32.2 Å². The molecule has 1 saturated heterocycles. The summed E-state index contributed by atoms with van der Waals surface area (Å²) >= 11 is 0. The maximum atomic E-state index is 12.5. The molecule has 6 nitrogen and oxygen atoms in total. The minimum atomic E-state index is -0.595. The summed E-state index contributed by atoms with van der Waals surface area (Å²) in [6.07, 6.45) is 0.768. The molecule has 116 valence electrons. The molecule has 21 heavy (non-hydrogen) atoms. The van der Waals surface area contributed by atoms with Crippen molar-refractivity contribution in [2.24, 2.45) is 0 Å². The third-order valence-electron chi connectivity index (χ3n) is 4.18. The highest BCUT2D eigenvalue weighted by atomic mass is 16.2. The highest BCUT2D eigenvalue weighted by Crippen LogP contribution is 2.31. The summed E-state index contributed by atoms with van der Waals surface area (Å²) in [4.78, 5) is 25.5. The topological polar surface area (TPSA) is 61.4 Å². The molecular weight excluding hydrogens is 266 g/mol. The van der Waals surface area contributed by atoms with E-state index in [-0.39, 0.29) is 5.91 Å². The lowest BCUT2D eigenvalue weighted by Gasteiger charge is -2.46. The van der Waals surface area contributed by atoms with Gasteiger partial charge in [0, 0.05) is 39.2 Å². The largest absolute Gasteiger partial charge is 0.373 e. The lowest BCUT2D eigenvalue weighted by Crippen LogP contribution is -2.62. The van der Waals surface area contributed by atoms with E-state index in [9.17, 15) is 4.79 Å². The van der Waals surface area contributed by atoms with Crippen molar-refractivity contribution in [1.82, 2.24) is 14.9 Å². The molecule has 0 atom stereocenters. The predicted molar refractivity (Wildman–Crippen MR) is 84.8 cm³/mol. The Morgan fingerprint density at radius 1 is 1.29 bits per heavy atom. The zero-order valence-electron chi connectivity index (χ0n) is 13.8. The molecule has 1 fully saturated rings. The number of amides is 1. The van der Waals surface area contributed by atoms with Gasteiger partial charge in [0.2, 0.25) is 5.91 Å². The third-order valence-corrected chi connectivity index (χ3v) is 4.18. The van der Waals surface area contributed by atoms with Gasteiger partial charge in [-0.1, -0.05) is 6.92 Å². The first-order chi connectivity index (χ1) is 9.82. The molecule has 2 heterocycles. The van der Waals surface area contributed by atoms with E-state index in [0.717, 1.165) is 36.0 Å². The maximum absolute atomic E-state index is 12.5. The van der Waals surface area contributed by atoms with Gasteiger partial charge in [-0.25, -0.2) is 9.97 Å². The van der Waals surface area contributed by atoms with Gasteiger partial charge in [-0.15, -0.1) is 0 Å². The molecule has 1 N–H and O–H groups in total. The van der Waals surface area contributed by atoms with Crippen molar-refractivity contribution in [2.45, 2.75) is 39.7 Å². The van der Waals surface area contributed by atoms with Gasteiger partial charge in [0.15, 0.2) is 0 Å². The SMILES string of the molecule is CCc1nc(NC)c(C)c(N2CCN(C)C(=O)C2(C)C)n1. The zero-order valence-corrected chi connectivity index (χ0v) is 13.8. The molecule has 1 amide bonds. The Morgan fingerprint density at radius 3 is 2.52 bits per heavy atom. The molecule has 1 aliphatic heterocycles. The van der Waals surface area contributed by atoms with Crippen molar-refractivity contribution < 1.29 is 4.79 Å². The molecule has 2 rings (SSSR count). The van der Waals surface area contributed by atoms with E-state index < -0.39 is 5.54 Å². The second-order valence-electron chi connectivity index (χ2n) is 5.98. The number of hydrogen-bond donors (Lipinski definition) is 1. The number of carbonyl (C=O) groups excluding carboxylic acids is 1. The van der Waals surface area contributed by atoms with Crippen LogP contribution in [-0.2, 0) is 11.2 Å².